The van der Waals surface area contributed by atoms with Crippen LogP contribution in [0.5, 0.6) is 0 Å². The third-order valence-corrected chi connectivity index (χ3v) is 3.32. The van der Waals surface area contributed by atoms with Gasteiger partial charge < -0.3 is 15.1 Å². The zero-order valence-electron chi connectivity index (χ0n) is 10.6. The summed E-state index contributed by atoms with van der Waals surface area (Å²) >= 11 is 0. The van der Waals surface area contributed by atoms with Crippen molar-refractivity contribution in [2.24, 2.45) is 5.92 Å². The van der Waals surface area contributed by atoms with Gasteiger partial charge in [0.05, 0.1) is 11.7 Å². The number of aliphatic hydroxyl groups is 1. The SMILES string of the molecule is Cc1cc(C(=O)O)cc(N(C)CC2CC(O)C2)n1. The molecular formula is C13H18N2O3. The number of hydrogen-bond acceptors (Lipinski definition) is 4. The number of carboxylic acid groups (broad SMARTS) is 1. The molecular weight excluding hydrogens is 232 g/mol. The first-order valence-electron chi connectivity index (χ1n) is 6.07. The van der Waals surface area contributed by atoms with Crippen LogP contribution in [0.15, 0.2) is 12.1 Å². The molecule has 0 unspecified atom stereocenters. The number of aryl methyl sites for hydroxylation is 1. The molecule has 1 aromatic heterocycles. The van der Waals surface area contributed by atoms with Gasteiger partial charge in [-0.15, -0.1) is 0 Å². The van der Waals surface area contributed by atoms with Crippen molar-refractivity contribution in [3.63, 3.8) is 0 Å². The van der Waals surface area contributed by atoms with E-state index in [2.05, 4.69) is 4.98 Å². The molecule has 1 fully saturated rings. The van der Waals surface area contributed by atoms with E-state index in [1.165, 1.54) is 0 Å². The number of rotatable bonds is 4. The maximum atomic E-state index is 11.0. The first-order chi connectivity index (χ1) is 8.45. The van der Waals surface area contributed by atoms with E-state index in [1.807, 2.05) is 11.9 Å². The topological polar surface area (TPSA) is 73.7 Å². The molecule has 0 aliphatic heterocycles. The van der Waals surface area contributed by atoms with Crippen LogP contribution in [0, 0.1) is 12.8 Å². The van der Waals surface area contributed by atoms with Crippen LogP contribution in [0.3, 0.4) is 0 Å². The van der Waals surface area contributed by atoms with Crippen molar-refractivity contribution < 1.29 is 15.0 Å². The Kier molecular flexibility index (Phi) is 3.52. The molecule has 0 saturated heterocycles. The first kappa shape index (κ1) is 12.8. The third-order valence-electron chi connectivity index (χ3n) is 3.32. The Morgan fingerprint density at radius 1 is 1.50 bits per heavy atom. The number of aliphatic hydroxyl groups excluding tert-OH is 1. The van der Waals surface area contributed by atoms with Crippen LogP contribution in [0.1, 0.15) is 28.9 Å². The van der Waals surface area contributed by atoms with E-state index in [4.69, 9.17) is 5.11 Å². The maximum absolute atomic E-state index is 11.0. The van der Waals surface area contributed by atoms with E-state index in [-0.39, 0.29) is 11.7 Å². The highest BCUT2D eigenvalue weighted by Crippen LogP contribution is 2.28. The summed E-state index contributed by atoms with van der Waals surface area (Å²) in [6.07, 6.45) is 1.48. The van der Waals surface area contributed by atoms with Crippen molar-refractivity contribution in [3.05, 3.63) is 23.4 Å². The van der Waals surface area contributed by atoms with Gasteiger partial charge in [-0.3, -0.25) is 0 Å². The number of aromatic carboxylic acids is 1. The number of pyridine rings is 1. The number of hydrogen-bond donors (Lipinski definition) is 2. The standard InChI is InChI=1S/C13H18N2O3/c1-8-3-10(13(17)18)6-12(14-8)15(2)7-9-4-11(16)5-9/h3,6,9,11,16H,4-5,7H2,1-2H3,(H,17,18). The monoisotopic (exact) mass is 250 g/mol. The van der Waals surface area contributed by atoms with E-state index in [0.717, 1.165) is 19.4 Å². The van der Waals surface area contributed by atoms with Crippen molar-refractivity contribution in [3.8, 4) is 0 Å². The minimum atomic E-state index is -0.936. The summed E-state index contributed by atoms with van der Waals surface area (Å²) in [5.41, 5.74) is 0.961. The minimum absolute atomic E-state index is 0.163. The number of carbonyl (C=O) groups is 1. The van der Waals surface area contributed by atoms with Crippen molar-refractivity contribution >= 4 is 11.8 Å². The fourth-order valence-corrected chi connectivity index (χ4v) is 2.30. The molecule has 1 aromatic rings. The number of aromatic nitrogens is 1. The van der Waals surface area contributed by atoms with Gasteiger partial charge >= 0.3 is 5.97 Å². The van der Waals surface area contributed by atoms with Crippen molar-refractivity contribution in [2.75, 3.05) is 18.5 Å². The van der Waals surface area contributed by atoms with Gasteiger partial charge in [0.2, 0.25) is 0 Å². The van der Waals surface area contributed by atoms with Crippen LogP contribution in [-0.2, 0) is 0 Å². The second-order valence-electron chi connectivity index (χ2n) is 5.03. The van der Waals surface area contributed by atoms with E-state index in [1.54, 1.807) is 19.1 Å². The van der Waals surface area contributed by atoms with Gasteiger partial charge in [-0.25, -0.2) is 9.78 Å². The zero-order chi connectivity index (χ0) is 13.3. The Balaban J connectivity index is 2.09. The molecule has 1 saturated carbocycles. The summed E-state index contributed by atoms with van der Waals surface area (Å²) in [6, 6.07) is 3.15. The second-order valence-corrected chi connectivity index (χ2v) is 5.03. The highest BCUT2D eigenvalue weighted by molar-refractivity contribution is 5.88. The molecule has 2 rings (SSSR count). The average molecular weight is 250 g/mol. The van der Waals surface area contributed by atoms with Gasteiger partial charge in [0.25, 0.3) is 0 Å². The summed E-state index contributed by atoms with van der Waals surface area (Å²) in [6.45, 7) is 2.59. The van der Waals surface area contributed by atoms with E-state index in [0.29, 0.717) is 17.4 Å². The normalized spacial score (nSPS) is 22.4. The van der Waals surface area contributed by atoms with Crippen LogP contribution >= 0.6 is 0 Å². The number of carboxylic acids is 1. The average Bonchev–Trinajstić information content (AvgIpc) is 2.26. The predicted octanol–water partition coefficient (Wildman–Crippen LogP) is 1.30. The molecule has 0 spiro atoms. The molecule has 0 radical (unpaired) electrons. The molecule has 2 N–H and O–H groups in total. The summed E-state index contributed by atoms with van der Waals surface area (Å²) in [5.74, 6) is 0.212. The van der Waals surface area contributed by atoms with Crippen LogP contribution in [-0.4, -0.2) is 40.9 Å². The minimum Gasteiger partial charge on any atom is -0.478 e. The highest BCUT2D eigenvalue weighted by Gasteiger charge is 2.28. The molecule has 5 heteroatoms. The third kappa shape index (κ3) is 2.79. The molecule has 98 valence electrons. The molecule has 1 heterocycles. The van der Waals surface area contributed by atoms with Crippen LogP contribution in [0.4, 0.5) is 5.82 Å². The van der Waals surface area contributed by atoms with Crippen LogP contribution in [0.25, 0.3) is 0 Å². The number of anilines is 1. The van der Waals surface area contributed by atoms with Crippen molar-refractivity contribution in [1.82, 2.24) is 4.98 Å². The second kappa shape index (κ2) is 4.94. The fourth-order valence-electron chi connectivity index (χ4n) is 2.30. The highest BCUT2D eigenvalue weighted by atomic mass is 16.4. The molecule has 0 bridgehead atoms. The van der Waals surface area contributed by atoms with Crippen LogP contribution < -0.4 is 4.90 Å². The Hall–Kier alpha value is -1.62. The summed E-state index contributed by atoms with van der Waals surface area (Å²) in [7, 11) is 1.90. The van der Waals surface area contributed by atoms with E-state index >= 15 is 0 Å². The lowest BCUT2D eigenvalue weighted by molar-refractivity contribution is 0.0464. The van der Waals surface area contributed by atoms with Crippen molar-refractivity contribution in [1.29, 1.82) is 0 Å². The van der Waals surface area contributed by atoms with E-state index in [9.17, 15) is 9.90 Å². The summed E-state index contributed by atoms with van der Waals surface area (Å²) in [4.78, 5) is 17.3. The van der Waals surface area contributed by atoms with Gasteiger partial charge in [-0.2, -0.15) is 0 Å². The molecule has 1 aliphatic carbocycles. The molecule has 0 atom stereocenters. The van der Waals surface area contributed by atoms with Crippen molar-refractivity contribution in [2.45, 2.75) is 25.9 Å². The van der Waals surface area contributed by atoms with Crippen LogP contribution in [0.2, 0.25) is 0 Å². The first-order valence-corrected chi connectivity index (χ1v) is 6.07. The van der Waals surface area contributed by atoms with Gasteiger partial charge in [-0.1, -0.05) is 0 Å². The zero-order valence-corrected chi connectivity index (χ0v) is 10.6. The smallest absolute Gasteiger partial charge is 0.335 e. The maximum Gasteiger partial charge on any atom is 0.335 e. The summed E-state index contributed by atoms with van der Waals surface area (Å²) in [5, 5.41) is 18.3. The van der Waals surface area contributed by atoms with Gasteiger partial charge in [-0.05, 0) is 37.8 Å². The molecule has 18 heavy (non-hydrogen) atoms. The Morgan fingerprint density at radius 2 is 2.17 bits per heavy atom. The number of nitrogens with zero attached hydrogens (tertiary/aromatic N) is 2. The molecule has 5 nitrogen and oxygen atoms in total. The molecule has 0 aromatic carbocycles. The Bertz CT molecular complexity index is 456. The Morgan fingerprint density at radius 3 is 2.72 bits per heavy atom. The largest absolute Gasteiger partial charge is 0.478 e. The van der Waals surface area contributed by atoms with Gasteiger partial charge in [0.15, 0.2) is 0 Å². The lowest BCUT2D eigenvalue weighted by Crippen LogP contribution is -2.37. The van der Waals surface area contributed by atoms with Gasteiger partial charge in [0.1, 0.15) is 5.82 Å². The quantitative estimate of drug-likeness (QED) is 0.842. The fraction of sp³-hybridized carbons (Fsp3) is 0.538. The van der Waals surface area contributed by atoms with E-state index < -0.39 is 5.97 Å². The lowest BCUT2D eigenvalue weighted by Gasteiger charge is -2.34. The molecule has 0 amide bonds. The molecule has 1 aliphatic rings. The predicted molar refractivity (Wildman–Crippen MR) is 67.9 cm³/mol. The van der Waals surface area contributed by atoms with Gasteiger partial charge in [0, 0.05) is 19.3 Å². The lowest BCUT2D eigenvalue weighted by atomic mass is 9.82. The summed E-state index contributed by atoms with van der Waals surface area (Å²) < 4.78 is 0. The Labute approximate surface area is 106 Å².